The van der Waals surface area contributed by atoms with E-state index in [-0.39, 0.29) is 0 Å². The number of hydrogen-bond donors (Lipinski definition) is 1. The largest absolute Gasteiger partial charge is 0.422 e. The summed E-state index contributed by atoms with van der Waals surface area (Å²) in [6.07, 6.45) is 1.53. The van der Waals surface area contributed by atoms with E-state index in [0.717, 1.165) is 5.52 Å². The van der Waals surface area contributed by atoms with Gasteiger partial charge in [-0.05, 0) is 24.3 Å². The van der Waals surface area contributed by atoms with Gasteiger partial charge in [0.25, 0.3) is 0 Å². The second-order valence-electron chi connectivity index (χ2n) is 3.99. The standard InChI is InChI=1S/C14H9Cl2N3O/c15-10-4-3-5-11(16)9(10)8-17-19-14-18-12-6-1-2-7-13(12)20-14/h1-8H,(H,18,19)/b17-8-. The van der Waals surface area contributed by atoms with E-state index in [0.29, 0.717) is 27.2 Å². The van der Waals surface area contributed by atoms with Gasteiger partial charge in [-0.3, -0.25) is 0 Å². The Morgan fingerprint density at radius 2 is 1.80 bits per heavy atom. The Hall–Kier alpha value is -2.04. The van der Waals surface area contributed by atoms with Gasteiger partial charge in [0, 0.05) is 5.56 Å². The first-order valence-corrected chi connectivity index (χ1v) is 6.58. The summed E-state index contributed by atoms with van der Waals surface area (Å²) in [5.41, 5.74) is 4.81. The van der Waals surface area contributed by atoms with Crippen LogP contribution in [0.4, 0.5) is 6.01 Å². The molecule has 1 N–H and O–H groups in total. The Morgan fingerprint density at radius 3 is 2.55 bits per heavy atom. The second kappa shape index (κ2) is 5.53. The van der Waals surface area contributed by atoms with E-state index < -0.39 is 0 Å². The molecule has 0 aliphatic carbocycles. The number of halogens is 2. The smallest absolute Gasteiger partial charge is 0.316 e. The highest BCUT2D eigenvalue weighted by Crippen LogP contribution is 2.22. The number of nitrogens with zero attached hydrogens (tertiary/aromatic N) is 2. The molecular formula is C14H9Cl2N3O. The molecule has 0 aliphatic rings. The number of anilines is 1. The van der Waals surface area contributed by atoms with Crippen molar-refractivity contribution in [2.24, 2.45) is 5.10 Å². The van der Waals surface area contributed by atoms with Crippen LogP contribution in [0.1, 0.15) is 5.56 Å². The predicted molar refractivity (Wildman–Crippen MR) is 81.7 cm³/mol. The van der Waals surface area contributed by atoms with Crippen molar-refractivity contribution in [3.05, 3.63) is 58.1 Å². The predicted octanol–water partition coefficient (Wildman–Crippen LogP) is 4.58. The molecule has 0 radical (unpaired) electrons. The van der Waals surface area contributed by atoms with Gasteiger partial charge >= 0.3 is 6.01 Å². The van der Waals surface area contributed by atoms with E-state index in [9.17, 15) is 0 Å². The molecule has 0 saturated heterocycles. The maximum absolute atomic E-state index is 6.03. The number of aromatic nitrogens is 1. The Balaban J connectivity index is 1.80. The number of hydrogen-bond acceptors (Lipinski definition) is 4. The van der Waals surface area contributed by atoms with Gasteiger partial charge in [0.1, 0.15) is 5.52 Å². The lowest BCUT2D eigenvalue weighted by molar-refractivity contribution is 0.617. The Labute approximate surface area is 125 Å². The first-order valence-electron chi connectivity index (χ1n) is 5.83. The molecule has 0 atom stereocenters. The van der Waals surface area contributed by atoms with Crippen molar-refractivity contribution in [3.8, 4) is 0 Å². The van der Waals surface area contributed by atoms with Gasteiger partial charge in [0.2, 0.25) is 0 Å². The van der Waals surface area contributed by atoms with Crippen LogP contribution >= 0.6 is 23.2 Å². The molecule has 1 aromatic heterocycles. The highest BCUT2D eigenvalue weighted by atomic mass is 35.5. The molecule has 20 heavy (non-hydrogen) atoms. The normalized spacial score (nSPS) is 11.3. The molecule has 0 saturated carbocycles. The molecule has 4 nitrogen and oxygen atoms in total. The van der Waals surface area contributed by atoms with E-state index in [4.69, 9.17) is 27.6 Å². The van der Waals surface area contributed by atoms with Crippen molar-refractivity contribution in [2.45, 2.75) is 0 Å². The van der Waals surface area contributed by atoms with E-state index in [2.05, 4.69) is 15.5 Å². The summed E-state index contributed by atoms with van der Waals surface area (Å²) in [6.45, 7) is 0. The quantitative estimate of drug-likeness (QED) is 0.569. The molecule has 2 aromatic carbocycles. The highest BCUT2D eigenvalue weighted by Gasteiger charge is 2.04. The van der Waals surface area contributed by atoms with Crippen molar-refractivity contribution >= 4 is 46.5 Å². The minimum Gasteiger partial charge on any atom is -0.422 e. The molecule has 0 spiro atoms. The first kappa shape index (κ1) is 13.0. The number of hydrazone groups is 1. The second-order valence-corrected chi connectivity index (χ2v) is 4.81. The van der Waals surface area contributed by atoms with Crippen molar-refractivity contribution in [3.63, 3.8) is 0 Å². The summed E-state index contributed by atoms with van der Waals surface area (Å²) < 4.78 is 5.46. The van der Waals surface area contributed by atoms with E-state index in [1.807, 2.05) is 24.3 Å². The monoisotopic (exact) mass is 305 g/mol. The number of oxazole rings is 1. The fourth-order valence-corrected chi connectivity index (χ4v) is 2.20. The molecule has 0 bridgehead atoms. The van der Waals surface area contributed by atoms with Crippen LogP contribution in [0.25, 0.3) is 11.1 Å². The number of benzene rings is 2. The lowest BCUT2D eigenvalue weighted by Crippen LogP contribution is -1.92. The molecule has 3 aromatic rings. The summed E-state index contributed by atoms with van der Waals surface area (Å²) in [5.74, 6) is 0. The van der Waals surface area contributed by atoms with Crippen LogP contribution in [0.2, 0.25) is 10.0 Å². The molecule has 6 heteroatoms. The van der Waals surface area contributed by atoms with Crippen molar-refractivity contribution in [1.29, 1.82) is 0 Å². The van der Waals surface area contributed by atoms with E-state index in [1.54, 1.807) is 18.2 Å². The zero-order chi connectivity index (χ0) is 13.9. The lowest BCUT2D eigenvalue weighted by atomic mass is 10.2. The molecule has 3 rings (SSSR count). The average molecular weight is 306 g/mol. The van der Waals surface area contributed by atoms with Gasteiger partial charge in [-0.15, -0.1) is 0 Å². The lowest BCUT2D eigenvalue weighted by Gasteiger charge is -1.99. The third-order valence-corrected chi connectivity index (χ3v) is 3.31. The zero-order valence-electron chi connectivity index (χ0n) is 10.2. The van der Waals surface area contributed by atoms with Gasteiger partial charge in [-0.2, -0.15) is 10.1 Å². The summed E-state index contributed by atoms with van der Waals surface area (Å²) >= 11 is 12.1. The molecular weight excluding hydrogens is 297 g/mol. The number of nitrogens with one attached hydrogen (secondary N) is 1. The highest BCUT2D eigenvalue weighted by molar-refractivity contribution is 6.38. The molecule has 0 amide bonds. The maximum atomic E-state index is 6.03. The van der Waals surface area contributed by atoms with Crippen LogP contribution in [-0.4, -0.2) is 11.2 Å². The van der Waals surface area contributed by atoms with Gasteiger partial charge in [-0.25, -0.2) is 5.43 Å². The summed E-state index contributed by atoms with van der Waals surface area (Å²) in [5, 5.41) is 5.09. The average Bonchev–Trinajstić information content (AvgIpc) is 2.84. The van der Waals surface area contributed by atoms with Gasteiger partial charge < -0.3 is 4.42 Å². The summed E-state index contributed by atoms with van der Waals surface area (Å²) in [6, 6.07) is 13.0. The van der Waals surface area contributed by atoms with Gasteiger partial charge in [-0.1, -0.05) is 41.4 Å². The minimum atomic E-state index is 0.311. The van der Waals surface area contributed by atoms with Crippen LogP contribution < -0.4 is 5.43 Å². The molecule has 1 heterocycles. The van der Waals surface area contributed by atoms with E-state index >= 15 is 0 Å². The van der Waals surface area contributed by atoms with Gasteiger partial charge in [0.05, 0.1) is 16.3 Å². The molecule has 100 valence electrons. The third kappa shape index (κ3) is 2.61. The topological polar surface area (TPSA) is 50.4 Å². The van der Waals surface area contributed by atoms with E-state index in [1.165, 1.54) is 6.21 Å². The van der Waals surface area contributed by atoms with Crippen molar-refractivity contribution in [1.82, 2.24) is 4.98 Å². The molecule has 0 unspecified atom stereocenters. The summed E-state index contributed by atoms with van der Waals surface area (Å²) in [7, 11) is 0. The minimum absolute atomic E-state index is 0.311. The van der Waals surface area contributed by atoms with Crippen molar-refractivity contribution in [2.75, 3.05) is 5.43 Å². The maximum Gasteiger partial charge on any atom is 0.316 e. The molecule has 0 fully saturated rings. The first-order chi connectivity index (χ1) is 9.74. The summed E-state index contributed by atoms with van der Waals surface area (Å²) in [4.78, 5) is 4.23. The molecule has 0 aliphatic heterocycles. The fourth-order valence-electron chi connectivity index (χ4n) is 1.71. The number of fused-ring (bicyclic) bond motifs is 1. The number of para-hydroxylation sites is 2. The van der Waals surface area contributed by atoms with Crippen molar-refractivity contribution < 1.29 is 4.42 Å². The Bertz CT molecular complexity index is 730. The SMILES string of the molecule is Clc1cccc(Cl)c1/C=N\Nc1nc2ccccc2o1. The van der Waals surface area contributed by atoms with Crippen LogP contribution in [0, 0.1) is 0 Å². The van der Waals surface area contributed by atoms with Crippen LogP contribution in [0.3, 0.4) is 0 Å². The Kier molecular flexibility index (Phi) is 3.58. The zero-order valence-corrected chi connectivity index (χ0v) is 11.7. The van der Waals surface area contributed by atoms with Crippen LogP contribution in [0.5, 0.6) is 0 Å². The Morgan fingerprint density at radius 1 is 1.05 bits per heavy atom. The fraction of sp³-hybridized carbons (Fsp3) is 0. The number of rotatable bonds is 3. The van der Waals surface area contributed by atoms with Gasteiger partial charge in [0.15, 0.2) is 5.58 Å². The third-order valence-electron chi connectivity index (χ3n) is 2.65. The van der Waals surface area contributed by atoms with Crippen LogP contribution in [0.15, 0.2) is 52.0 Å². The van der Waals surface area contributed by atoms with Crippen LogP contribution in [-0.2, 0) is 0 Å².